The van der Waals surface area contributed by atoms with Gasteiger partial charge in [0.15, 0.2) is 0 Å². The summed E-state index contributed by atoms with van der Waals surface area (Å²) in [4.78, 5) is 0.0256. The first-order chi connectivity index (χ1) is 8.84. The van der Waals surface area contributed by atoms with Gasteiger partial charge in [0, 0.05) is 12.6 Å². The number of aryl methyl sites for hydroxylation is 1. The Morgan fingerprint density at radius 2 is 2.16 bits per heavy atom. The molecule has 0 bridgehead atoms. The van der Waals surface area contributed by atoms with Gasteiger partial charge in [-0.3, -0.25) is 0 Å². The lowest BCUT2D eigenvalue weighted by molar-refractivity contribution is 0.0393. The van der Waals surface area contributed by atoms with Crippen molar-refractivity contribution in [3.8, 4) is 0 Å². The molecule has 19 heavy (non-hydrogen) atoms. The second-order valence-electron chi connectivity index (χ2n) is 4.68. The van der Waals surface area contributed by atoms with Crippen molar-refractivity contribution in [2.75, 3.05) is 25.5 Å². The van der Waals surface area contributed by atoms with Gasteiger partial charge in [-0.1, -0.05) is 0 Å². The van der Waals surface area contributed by atoms with Crippen molar-refractivity contribution in [1.82, 2.24) is 4.31 Å². The predicted molar refractivity (Wildman–Crippen MR) is 69.7 cm³/mol. The topological polar surface area (TPSA) is 72.6 Å². The van der Waals surface area contributed by atoms with E-state index in [1.165, 1.54) is 23.4 Å². The molecule has 1 aliphatic heterocycles. The third-order valence-electron chi connectivity index (χ3n) is 3.17. The molecule has 2 rings (SSSR count). The van der Waals surface area contributed by atoms with E-state index in [1.807, 2.05) is 0 Å². The van der Waals surface area contributed by atoms with E-state index in [4.69, 9.17) is 10.5 Å². The van der Waals surface area contributed by atoms with Crippen LogP contribution in [0, 0.1) is 12.7 Å². The SMILES string of the molecule is Cc1cc(S(=O)(=O)N2CCOC[C@H]2C)cc(N)c1F. The normalized spacial score (nSPS) is 21.5. The van der Waals surface area contributed by atoms with E-state index in [1.54, 1.807) is 6.92 Å². The van der Waals surface area contributed by atoms with E-state index < -0.39 is 15.8 Å². The number of morpholine rings is 1. The number of halogens is 1. The first-order valence-electron chi connectivity index (χ1n) is 5.99. The summed E-state index contributed by atoms with van der Waals surface area (Å²) in [7, 11) is -3.67. The van der Waals surface area contributed by atoms with Crippen LogP contribution in [0.5, 0.6) is 0 Å². The van der Waals surface area contributed by atoms with Crippen LogP contribution in [-0.2, 0) is 14.8 Å². The van der Waals surface area contributed by atoms with Gasteiger partial charge in [-0.25, -0.2) is 12.8 Å². The van der Waals surface area contributed by atoms with Crippen LogP contribution in [0.25, 0.3) is 0 Å². The predicted octanol–water partition coefficient (Wildman–Crippen LogP) is 1.13. The summed E-state index contributed by atoms with van der Waals surface area (Å²) < 4.78 is 45.1. The van der Waals surface area contributed by atoms with Crippen LogP contribution in [0.4, 0.5) is 10.1 Å². The minimum Gasteiger partial charge on any atom is -0.396 e. The molecule has 0 radical (unpaired) electrons. The van der Waals surface area contributed by atoms with Gasteiger partial charge in [-0.05, 0) is 31.5 Å². The number of rotatable bonds is 2. The summed E-state index contributed by atoms with van der Waals surface area (Å²) in [5, 5.41) is 0. The molecule has 1 fully saturated rings. The Morgan fingerprint density at radius 3 is 2.74 bits per heavy atom. The standard InChI is InChI=1S/C12H17FN2O3S/c1-8-5-10(6-11(14)12(8)13)19(16,17)15-3-4-18-7-9(15)2/h5-6,9H,3-4,7,14H2,1-2H3/t9-/m1/s1. The van der Waals surface area contributed by atoms with Crippen molar-refractivity contribution >= 4 is 15.7 Å². The van der Waals surface area contributed by atoms with Gasteiger partial charge in [-0.2, -0.15) is 4.31 Å². The molecule has 1 atom stereocenters. The van der Waals surface area contributed by atoms with Crippen LogP contribution in [0.3, 0.4) is 0 Å². The van der Waals surface area contributed by atoms with Crippen molar-refractivity contribution in [3.05, 3.63) is 23.5 Å². The fourth-order valence-corrected chi connectivity index (χ4v) is 3.84. The van der Waals surface area contributed by atoms with E-state index in [9.17, 15) is 12.8 Å². The van der Waals surface area contributed by atoms with Crippen molar-refractivity contribution < 1.29 is 17.5 Å². The molecule has 5 nitrogen and oxygen atoms in total. The van der Waals surface area contributed by atoms with Crippen LogP contribution >= 0.6 is 0 Å². The average molecular weight is 288 g/mol. The Bertz CT molecular complexity index is 566. The average Bonchev–Trinajstić information content (AvgIpc) is 2.35. The van der Waals surface area contributed by atoms with Gasteiger partial charge >= 0.3 is 0 Å². The molecule has 7 heteroatoms. The van der Waals surface area contributed by atoms with Gasteiger partial charge in [0.2, 0.25) is 10.0 Å². The number of hydrogen-bond donors (Lipinski definition) is 1. The molecule has 1 heterocycles. The Kier molecular flexibility index (Phi) is 3.80. The number of nitrogens with two attached hydrogens (primary N) is 1. The van der Waals surface area contributed by atoms with E-state index in [-0.39, 0.29) is 22.2 Å². The lowest BCUT2D eigenvalue weighted by Crippen LogP contribution is -2.46. The highest BCUT2D eigenvalue weighted by Crippen LogP contribution is 2.25. The van der Waals surface area contributed by atoms with Crippen LogP contribution in [-0.4, -0.2) is 38.5 Å². The fraction of sp³-hybridized carbons (Fsp3) is 0.500. The van der Waals surface area contributed by atoms with Crippen molar-refractivity contribution in [3.63, 3.8) is 0 Å². The van der Waals surface area contributed by atoms with Crippen molar-refractivity contribution in [2.24, 2.45) is 0 Å². The third-order valence-corrected chi connectivity index (χ3v) is 5.16. The minimum absolute atomic E-state index is 0.0256. The maximum Gasteiger partial charge on any atom is 0.243 e. The summed E-state index contributed by atoms with van der Waals surface area (Å²) in [6.45, 7) is 4.28. The zero-order chi connectivity index (χ0) is 14.2. The Labute approximate surface area is 112 Å². The maximum atomic E-state index is 13.5. The number of sulfonamides is 1. The van der Waals surface area contributed by atoms with E-state index >= 15 is 0 Å². The van der Waals surface area contributed by atoms with Crippen molar-refractivity contribution in [2.45, 2.75) is 24.8 Å². The van der Waals surface area contributed by atoms with E-state index in [0.717, 1.165) is 0 Å². The molecule has 0 aromatic heterocycles. The highest BCUT2D eigenvalue weighted by molar-refractivity contribution is 7.89. The number of ether oxygens (including phenoxy) is 1. The number of anilines is 1. The minimum atomic E-state index is -3.67. The van der Waals surface area contributed by atoms with Crippen LogP contribution in [0.15, 0.2) is 17.0 Å². The molecule has 2 N–H and O–H groups in total. The van der Waals surface area contributed by atoms with Gasteiger partial charge < -0.3 is 10.5 Å². The Morgan fingerprint density at radius 1 is 1.47 bits per heavy atom. The summed E-state index contributed by atoms with van der Waals surface area (Å²) >= 11 is 0. The Balaban J connectivity index is 2.44. The zero-order valence-corrected chi connectivity index (χ0v) is 11.7. The molecule has 1 aliphatic rings. The molecular formula is C12H17FN2O3S. The number of hydrogen-bond acceptors (Lipinski definition) is 4. The fourth-order valence-electron chi connectivity index (χ4n) is 2.12. The zero-order valence-electron chi connectivity index (χ0n) is 10.9. The lowest BCUT2D eigenvalue weighted by Gasteiger charge is -2.32. The van der Waals surface area contributed by atoms with Gasteiger partial charge in [0.1, 0.15) is 5.82 Å². The monoisotopic (exact) mass is 288 g/mol. The lowest BCUT2D eigenvalue weighted by atomic mass is 10.2. The highest BCUT2D eigenvalue weighted by atomic mass is 32.2. The first-order valence-corrected chi connectivity index (χ1v) is 7.43. The smallest absolute Gasteiger partial charge is 0.243 e. The molecule has 0 aliphatic carbocycles. The first kappa shape index (κ1) is 14.2. The third kappa shape index (κ3) is 2.58. The molecule has 1 saturated heterocycles. The van der Waals surface area contributed by atoms with E-state index in [2.05, 4.69) is 0 Å². The molecule has 0 amide bonds. The molecule has 0 spiro atoms. The summed E-state index contributed by atoms with van der Waals surface area (Å²) in [5.74, 6) is -0.575. The number of benzene rings is 1. The number of nitrogen functional groups attached to an aromatic ring is 1. The highest BCUT2D eigenvalue weighted by Gasteiger charge is 2.32. The van der Waals surface area contributed by atoms with Gasteiger partial charge in [0.05, 0.1) is 23.8 Å². The largest absolute Gasteiger partial charge is 0.396 e. The second-order valence-corrected chi connectivity index (χ2v) is 6.57. The van der Waals surface area contributed by atoms with Crippen molar-refractivity contribution in [1.29, 1.82) is 0 Å². The number of nitrogens with zero attached hydrogens (tertiary/aromatic N) is 1. The van der Waals surface area contributed by atoms with Gasteiger partial charge in [0.25, 0.3) is 0 Å². The van der Waals surface area contributed by atoms with Crippen LogP contribution in [0.1, 0.15) is 12.5 Å². The maximum absolute atomic E-state index is 13.5. The summed E-state index contributed by atoms with van der Waals surface area (Å²) in [6.07, 6.45) is 0. The van der Waals surface area contributed by atoms with Gasteiger partial charge in [-0.15, -0.1) is 0 Å². The van der Waals surface area contributed by atoms with Crippen LogP contribution < -0.4 is 5.73 Å². The molecule has 1 aromatic carbocycles. The van der Waals surface area contributed by atoms with E-state index in [0.29, 0.717) is 19.8 Å². The Hall–Kier alpha value is -1.18. The molecular weight excluding hydrogens is 271 g/mol. The second kappa shape index (κ2) is 5.07. The molecule has 0 unspecified atom stereocenters. The molecule has 1 aromatic rings. The summed E-state index contributed by atoms with van der Waals surface area (Å²) in [5.41, 5.74) is 5.57. The summed E-state index contributed by atoms with van der Waals surface area (Å²) in [6, 6.07) is 2.23. The molecule has 106 valence electrons. The van der Waals surface area contributed by atoms with Crippen LogP contribution in [0.2, 0.25) is 0 Å². The molecule has 0 saturated carbocycles. The quantitative estimate of drug-likeness (QED) is 0.828.